The lowest BCUT2D eigenvalue weighted by Gasteiger charge is -2.26. The second kappa shape index (κ2) is 8.68. The van der Waals surface area contributed by atoms with E-state index < -0.39 is 0 Å². The smallest absolute Gasteiger partial charge is 0.335 e. The predicted octanol–water partition coefficient (Wildman–Crippen LogP) is 1.40. The van der Waals surface area contributed by atoms with Gasteiger partial charge in [-0.2, -0.15) is 5.10 Å². The van der Waals surface area contributed by atoms with Crippen molar-refractivity contribution in [3.8, 4) is 0 Å². The van der Waals surface area contributed by atoms with Gasteiger partial charge in [-0.1, -0.05) is 6.92 Å². The molecule has 4 N–H and O–H groups in total. The molecular formula is C14H26N4O2. The molecule has 0 radical (unpaired) electrons. The van der Waals surface area contributed by atoms with Crippen molar-refractivity contribution in [2.45, 2.75) is 52.0 Å². The van der Waals surface area contributed by atoms with E-state index in [1.807, 2.05) is 6.92 Å². The number of urea groups is 1. The van der Waals surface area contributed by atoms with Gasteiger partial charge in [0.25, 0.3) is 0 Å². The standard InChI is InChI=1S/C14H26N4O2/c1-3-13(15)9-17-18-14(20)16-8-11-4-6-12(7-5-11)10(2)19/h9,11-13H,3-8,15H2,1-2H3,(H2,16,18,20)/b17-9+/t11?,12?,13-/m0/s1. The van der Waals surface area contributed by atoms with E-state index in [1.165, 1.54) is 6.21 Å². The van der Waals surface area contributed by atoms with Gasteiger partial charge in [-0.25, -0.2) is 10.2 Å². The normalized spacial score (nSPS) is 24.4. The summed E-state index contributed by atoms with van der Waals surface area (Å²) in [4.78, 5) is 22.8. The molecule has 20 heavy (non-hydrogen) atoms. The van der Waals surface area contributed by atoms with Gasteiger partial charge in [0.2, 0.25) is 0 Å². The van der Waals surface area contributed by atoms with Crippen LogP contribution in [-0.2, 0) is 4.79 Å². The number of carbonyl (C=O) groups is 2. The van der Waals surface area contributed by atoms with Crippen LogP contribution in [0.25, 0.3) is 0 Å². The average molecular weight is 282 g/mol. The van der Waals surface area contributed by atoms with Crippen molar-refractivity contribution < 1.29 is 9.59 Å². The number of hydrazone groups is 1. The van der Waals surface area contributed by atoms with E-state index in [9.17, 15) is 9.59 Å². The maximum Gasteiger partial charge on any atom is 0.335 e. The molecule has 1 fully saturated rings. The lowest BCUT2D eigenvalue weighted by molar-refractivity contribution is -0.121. The molecule has 0 aromatic heterocycles. The number of Topliss-reactive ketones (excluding diaryl/α,β-unsaturated/α-hetero) is 1. The van der Waals surface area contributed by atoms with E-state index in [-0.39, 0.29) is 23.8 Å². The third-order valence-electron chi connectivity index (χ3n) is 3.88. The molecule has 0 bridgehead atoms. The lowest BCUT2D eigenvalue weighted by atomic mass is 9.80. The number of amides is 2. The Morgan fingerprint density at radius 2 is 2.00 bits per heavy atom. The Hall–Kier alpha value is -1.43. The van der Waals surface area contributed by atoms with Gasteiger partial charge in [0, 0.05) is 24.7 Å². The highest BCUT2D eigenvalue weighted by Crippen LogP contribution is 2.28. The van der Waals surface area contributed by atoms with Crippen LogP contribution in [0.15, 0.2) is 5.10 Å². The highest BCUT2D eigenvalue weighted by molar-refractivity contribution is 5.78. The van der Waals surface area contributed by atoms with Crippen molar-refractivity contribution in [3.63, 3.8) is 0 Å². The van der Waals surface area contributed by atoms with E-state index in [1.54, 1.807) is 6.92 Å². The first-order valence-corrected chi connectivity index (χ1v) is 7.36. The monoisotopic (exact) mass is 282 g/mol. The first-order chi connectivity index (χ1) is 9.52. The molecule has 0 aromatic carbocycles. The van der Waals surface area contributed by atoms with Gasteiger partial charge in [-0.3, -0.25) is 4.79 Å². The van der Waals surface area contributed by atoms with Crippen molar-refractivity contribution in [1.82, 2.24) is 10.7 Å². The summed E-state index contributed by atoms with van der Waals surface area (Å²) >= 11 is 0. The molecule has 0 heterocycles. The van der Waals surface area contributed by atoms with Crippen LogP contribution in [0.2, 0.25) is 0 Å². The Bertz CT molecular complexity index is 349. The molecule has 0 spiro atoms. The van der Waals surface area contributed by atoms with E-state index in [2.05, 4.69) is 15.8 Å². The number of nitrogens with zero attached hydrogens (tertiary/aromatic N) is 1. The van der Waals surface area contributed by atoms with Gasteiger partial charge in [-0.15, -0.1) is 0 Å². The van der Waals surface area contributed by atoms with E-state index in [4.69, 9.17) is 5.73 Å². The van der Waals surface area contributed by atoms with Gasteiger partial charge in [-0.05, 0) is 44.9 Å². The summed E-state index contributed by atoms with van der Waals surface area (Å²) in [6, 6.07) is -0.435. The van der Waals surface area contributed by atoms with Crippen LogP contribution in [0, 0.1) is 11.8 Å². The number of nitrogens with two attached hydrogens (primary N) is 1. The Morgan fingerprint density at radius 3 is 2.55 bits per heavy atom. The van der Waals surface area contributed by atoms with Crippen LogP contribution >= 0.6 is 0 Å². The van der Waals surface area contributed by atoms with Crippen LogP contribution in [-0.4, -0.2) is 30.6 Å². The second-order valence-corrected chi connectivity index (χ2v) is 5.50. The number of hydrogen-bond acceptors (Lipinski definition) is 4. The summed E-state index contributed by atoms with van der Waals surface area (Å²) in [6.07, 6.45) is 6.17. The van der Waals surface area contributed by atoms with Gasteiger partial charge in [0.1, 0.15) is 5.78 Å². The minimum Gasteiger partial charge on any atom is -0.336 e. The minimum absolute atomic E-state index is 0.128. The lowest BCUT2D eigenvalue weighted by Crippen LogP contribution is -2.37. The third-order valence-corrected chi connectivity index (χ3v) is 3.88. The summed E-state index contributed by atoms with van der Waals surface area (Å²) < 4.78 is 0. The van der Waals surface area contributed by atoms with Crippen LogP contribution < -0.4 is 16.5 Å². The first kappa shape index (κ1) is 16.6. The zero-order chi connectivity index (χ0) is 15.0. The third kappa shape index (κ3) is 6.14. The molecule has 1 atom stereocenters. The minimum atomic E-state index is -0.307. The zero-order valence-corrected chi connectivity index (χ0v) is 12.4. The Balaban J connectivity index is 2.16. The maximum absolute atomic E-state index is 11.5. The maximum atomic E-state index is 11.5. The summed E-state index contributed by atoms with van der Waals surface area (Å²) in [6.45, 7) is 4.25. The molecule has 1 aliphatic rings. The van der Waals surface area contributed by atoms with Crippen molar-refractivity contribution in [1.29, 1.82) is 0 Å². The van der Waals surface area contributed by atoms with Crippen molar-refractivity contribution >= 4 is 18.0 Å². The highest BCUT2D eigenvalue weighted by Gasteiger charge is 2.23. The number of ketones is 1. The average Bonchev–Trinajstić information content (AvgIpc) is 2.45. The molecule has 2 amide bonds. The number of carbonyl (C=O) groups excluding carboxylic acids is 2. The van der Waals surface area contributed by atoms with Crippen LogP contribution in [0.1, 0.15) is 46.0 Å². The van der Waals surface area contributed by atoms with Crippen molar-refractivity contribution in [2.75, 3.05) is 6.54 Å². The van der Waals surface area contributed by atoms with Gasteiger partial charge < -0.3 is 11.1 Å². The van der Waals surface area contributed by atoms with E-state index in [0.29, 0.717) is 12.5 Å². The van der Waals surface area contributed by atoms with Crippen molar-refractivity contribution in [3.05, 3.63) is 0 Å². The first-order valence-electron chi connectivity index (χ1n) is 7.36. The van der Waals surface area contributed by atoms with Gasteiger partial charge >= 0.3 is 6.03 Å². The SMILES string of the molecule is CC[C@H](N)/C=N/NC(=O)NCC1CCC(C(C)=O)CC1. The molecule has 114 valence electrons. The molecule has 0 unspecified atom stereocenters. The second-order valence-electron chi connectivity index (χ2n) is 5.50. The summed E-state index contributed by atoms with van der Waals surface area (Å²) in [7, 11) is 0. The number of hydrogen-bond donors (Lipinski definition) is 3. The van der Waals surface area contributed by atoms with Gasteiger partial charge in [0.05, 0.1) is 0 Å². The fourth-order valence-corrected chi connectivity index (χ4v) is 2.35. The fraction of sp³-hybridized carbons (Fsp3) is 0.786. The quantitative estimate of drug-likeness (QED) is 0.507. The fourth-order valence-electron chi connectivity index (χ4n) is 2.35. The van der Waals surface area contributed by atoms with Crippen LogP contribution in [0.5, 0.6) is 0 Å². The summed E-state index contributed by atoms with van der Waals surface area (Å²) in [5.41, 5.74) is 8.04. The van der Waals surface area contributed by atoms with E-state index >= 15 is 0 Å². The molecule has 6 nitrogen and oxygen atoms in total. The topological polar surface area (TPSA) is 96.6 Å². The Morgan fingerprint density at radius 1 is 1.35 bits per heavy atom. The molecular weight excluding hydrogens is 256 g/mol. The molecule has 1 aliphatic carbocycles. The molecule has 0 aromatic rings. The Labute approximate surface area is 120 Å². The summed E-state index contributed by atoms with van der Waals surface area (Å²) in [5, 5.41) is 6.58. The van der Waals surface area contributed by atoms with Crippen LogP contribution in [0.3, 0.4) is 0 Å². The Kier molecular flexibility index (Phi) is 7.22. The van der Waals surface area contributed by atoms with Crippen LogP contribution in [0.4, 0.5) is 4.79 Å². The molecule has 0 saturated heterocycles. The molecule has 1 rings (SSSR count). The number of rotatable bonds is 6. The molecule has 6 heteroatoms. The zero-order valence-electron chi connectivity index (χ0n) is 12.4. The van der Waals surface area contributed by atoms with Gasteiger partial charge in [0.15, 0.2) is 0 Å². The largest absolute Gasteiger partial charge is 0.336 e. The summed E-state index contributed by atoms with van der Waals surface area (Å²) in [5.74, 6) is 0.967. The molecule has 1 saturated carbocycles. The van der Waals surface area contributed by atoms with E-state index in [0.717, 1.165) is 32.1 Å². The number of nitrogens with one attached hydrogen (secondary N) is 2. The predicted molar refractivity (Wildman–Crippen MR) is 79.4 cm³/mol. The highest BCUT2D eigenvalue weighted by atomic mass is 16.2. The molecule has 0 aliphatic heterocycles. The van der Waals surface area contributed by atoms with Crippen molar-refractivity contribution in [2.24, 2.45) is 22.7 Å².